The van der Waals surface area contributed by atoms with Gasteiger partial charge in [-0.3, -0.25) is 4.90 Å². The van der Waals surface area contributed by atoms with Crippen molar-refractivity contribution in [3.63, 3.8) is 0 Å². The molecule has 0 aromatic heterocycles. The molecule has 0 amide bonds. The van der Waals surface area contributed by atoms with Crippen LogP contribution in [0.2, 0.25) is 0 Å². The van der Waals surface area contributed by atoms with Crippen molar-refractivity contribution in [2.75, 3.05) is 33.4 Å². The highest BCUT2D eigenvalue weighted by atomic mass is 32.2. The van der Waals surface area contributed by atoms with Crippen molar-refractivity contribution in [3.05, 3.63) is 0 Å². The maximum atomic E-state index is 2.69. The molecule has 2 aliphatic heterocycles. The Balaban J connectivity index is 1.98. The monoisotopic (exact) mass is 256 g/mol. The smallest absolute Gasteiger partial charge is 0.0263 e. The highest BCUT2D eigenvalue weighted by Crippen LogP contribution is 2.37. The first-order valence-electron chi connectivity index (χ1n) is 6.88. The van der Waals surface area contributed by atoms with Crippen molar-refractivity contribution in [2.45, 2.75) is 49.9 Å². The topological polar surface area (TPSA) is 6.48 Å². The molecule has 2 saturated heterocycles. The summed E-state index contributed by atoms with van der Waals surface area (Å²) in [5.74, 6) is 0.929. The zero-order valence-corrected chi connectivity index (χ0v) is 12.9. The van der Waals surface area contributed by atoms with E-state index < -0.39 is 0 Å². The van der Waals surface area contributed by atoms with Crippen LogP contribution in [-0.2, 0) is 0 Å². The Bertz CT molecular complexity index is 267. The lowest BCUT2D eigenvalue weighted by atomic mass is 9.85. The molecule has 2 nitrogen and oxygen atoms in total. The van der Waals surface area contributed by atoms with Crippen molar-refractivity contribution in [1.82, 2.24) is 9.80 Å². The third-order valence-corrected chi connectivity index (χ3v) is 6.11. The molecule has 0 aromatic rings. The number of hydrogen-bond acceptors (Lipinski definition) is 3. The molecule has 100 valence electrons. The number of fused-ring (bicyclic) bond motifs is 1. The maximum absolute atomic E-state index is 2.69. The van der Waals surface area contributed by atoms with E-state index >= 15 is 0 Å². The molecule has 0 bridgehead atoms. The van der Waals surface area contributed by atoms with E-state index in [0.29, 0.717) is 4.75 Å². The minimum Gasteiger partial charge on any atom is -0.304 e. The van der Waals surface area contributed by atoms with Crippen LogP contribution in [-0.4, -0.2) is 60.1 Å². The fraction of sp³-hybridized carbons (Fsp3) is 1.00. The first-order chi connectivity index (χ1) is 7.93. The van der Waals surface area contributed by atoms with E-state index in [0.717, 1.165) is 18.0 Å². The molecule has 0 N–H and O–H groups in total. The fourth-order valence-corrected chi connectivity index (χ4v) is 3.95. The molecule has 0 aromatic carbocycles. The number of rotatable bonds is 3. The Morgan fingerprint density at radius 3 is 2.53 bits per heavy atom. The number of likely N-dealkylation sites (tertiary alicyclic amines) is 2. The maximum Gasteiger partial charge on any atom is 0.0263 e. The zero-order valence-electron chi connectivity index (χ0n) is 12.1. The summed E-state index contributed by atoms with van der Waals surface area (Å²) in [6.07, 6.45) is 6.41. The number of likely N-dealkylation sites (N-methyl/N-ethyl adjacent to an activating group) is 2. The molecule has 3 atom stereocenters. The summed E-state index contributed by atoms with van der Waals surface area (Å²) in [5.41, 5.74) is 0. The lowest BCUT2D eigenvalue weighted by Crippen LogP contribution is -2.50. The predicted molar refractivity (Wildman–Crippen MR) is 77.8 cm³/mol. The molecule has 3 unspecified atom stereocenters. The average molecular weight is 256 g/mol. The van der Waals surface area contributed by atoms with Gasteiger partial charge in [-0.25, -0.2) is 0 Å². The van der Waals surface area contributed by atoms with Gasteiger partial charge in [-0.15, -0.1) is 0 Å². The van der Waals surface area contributed by atoms with Crippen LogP contribution in [0.15, 0.2) is 0 Å². The van der Waals surface area contributed by atoms with Crippen LogP contribution >= 0.6 is 11.8 Å². The van der Waals surface area contributed by atoms with Gasteiger partial charge in [-0.05, 0) is 45.5 Å². The van der Waals surface area contributed by atoms with Crippen molar-refractivity contribution >= 4 is 11.8 Å². The molecule has 2 fully saturated rings. The highest BCUT2D eigenvalue weighted by molar-refractivity contribution is 7.99. The van der Waals surface area contributed by atoms with Gasteiger partial charge in [0.1, 0.15) is 0 Å². The van der Waals surface area contributed by atoms with Gasteiger partial charge in [-0.2, -0.15) is 11.8 Å². The Labute approximate surface area is 111 Å². The molecule has 0 aliphatic carbocycles. The molecule has 0 spiro atoms. The van der Waals surface area contributed by atoms with Gasteiger partial charge < -0.3 is 4.90 Å². The van der Waals surface area contributed by atoms with Gasteiger partial charge in [0.05, 0.1) is 0 Å². The van der Waals surface area contributed by atoms with Crippen molar-refractivity contribution in [2.24, 2.45) is 5.92 Å². The van der Waals surface area contributed by atoms with Gasteiger partial charge in [0, 0.05) is 29.9 Å². The van der Waals surface area contributed by atoms with Gasteiger partial charge in [0.25, 0.3) is 0 Å². The Morgan fingerprint density at radius 1 is 1.18 bits per heavy atom. The molecule has 2 rings (SSSR count). The Hall–Kier alpha value is 0.270. The number of thioether (sulfide) groups is 1. The normalized spacial score (nSPS) is 36.2. The van der Waals surface area contributed by atoms with Crippen molar-refractivity contribution in [3.8, 4) is 0 Å². The summed E-state index contributed by atoms with van der Waals surface area (Å²) in [6.45, 7) is 7.36. The van der Waals surface area contributed by atoms with Crippen molar-refractivity contribution in [1.29, 1.82) is 0 Å². The predicted octanol–water partition coefficient (Wildman–Crippen LogP) is 2.54. The van der Waals surface area contributed by atoms with E-state index in [1.165, 1.54) is 32.4 Å². The summed E-state index contributed by atoms with van der Waals surface area (Å²) >= 11 is 2.01. The molecular weight excluding hydrogens is 228 g/mol. The van der Waals surface area contributed by atoms with E-state index in [2.05, 4.69) is 44.0 Å². The number of hydrogen-bond donors (Lipinski definition) is 0. The van der Waals surface area contributed by atoms with Gasteiger partial charge in [0.15, 0.2) is 0 Å². The van der Waals surface area contributed by atoms with E-state index in [9.17, 15) is 0 Å². The standard InChI is InChI=1S/C14H28N2S/c1-14(2,17-5)8-12-7-6-11-9-15(3)10-13(11)16(12)4/h11-13H,6-10H2,1-5H3. The minimum atomic E-state index is 0.427. The van der Waals surface area contributed by atoms with E-state index in [1.54, 1.807) is 0 Å². The van der Waals surface area contributed by atoms with Gasteiger partial charge >= 0.3 is 0 Å². The first-order valence-corrected chi connectivity index (χ1v) is 8.11. The van der Waals surface area contributed by atoms with Crippen LogP contribution < -0.4 is 0 Å². The Morgan fingerprint density at radius 2 is 1.88 bits per heavy atom. The third-order valence-electron chi connectivity index (χ3n) is 4.84. The molecular formula is C14H28N2S. The van der Waals surface area contributed by atoms with Crippen molar-refractivity contribution < 1.29 is 0 Å². The summed E-state index contributed by atoms with van der Waals surface area (Å²) < 4.78 is 0.427. The average Bonchev–Trinajstić information content (AvgIpc) is 2.64. The quantitative estimate of drug-likeness (QED) is 0.766. The molecule has 0 saturated carbocycles. The molecule has 2 aliphatic rings. The summed E-state index contributed by atoms with van der Waals surface area (Å²) in [4.78, 5) is 5.20. The summed E-state index contributed by atoms with van der Waals surface area (Å²) in [7, 11) is 4.63. The first kappa shape index (κ1) is 13.7. The third kappa shape index (κ3) is 2.99. The summed E-state index contributed by atoms with van der Waals surface area (Å²) in [6, 6.07) is 1.61. The second kappa shape index (κ2) is 5.10. The minimum absolute atomic E-state index is 0.427. The SMILES string of the molecule is CSC(C)(C)CC1CCC2CN(C)CC2N1C. The summed E-state index contributed by atoms with van der Waals surface area (Å²) in [5, 5.41) is 0. The number of piperidine rings is 1. The van der Waals surface area contributed by atoms with E-state index in [1.807, 2.05) is 11.8 Å². The van der Waals surface area contributed by atoms with Crippen LogP contribution in [0.1, 0.15) is 33.1 Å². The van der Waals surface area contributed by atoms with E-state index in [4.69, 9.17) is 0 Å². The van der Waals surface area contributed by atoms with Crippen LogP contribution in [0.5, 0.6) is 0 Å². The second-order valence-corrected chi connectivity index (χ2v) is 8.13. The molecule has 17 heavy (non-hydrogen) atoms. The van der Waals surface area contributed by atoms with Gasteiger partial charge in [-0.1, -0.05) is 13.8 Å². The van der Waals surface area contributed by atoms with E-state index in [-0.39, 0.29) is 0 Å². The fourth-order valence-electron chi connectivity index (χ4n) is 3.59. The van der Waals surface area contributed by atoms with Crippen LogP contribution in [0.4, 0.5) is 0 Å². The lowest BCUT2D eigenvalue weighted by Gasteiger charge is -2.43. The highest BCUT2D eigenvalue weighted by Gasteiger charge is 2.41. The Kier molecular flexibility index (Phi) is 4.11. The lowest BCUT2D eigenvalue weighted by molar-refractivity contribution is 0.0822. The largest absolute Gasteiger partial charge is 0.304 e. The van der Waals surface area contributed by atoms with Crippen LogP contribution in [0, 0.1) is 5.92 Å². The zero-order chi connectivity index (χ0) is 12.6. The molecule has 0 radical (unpaired) electrons. The molecule has 3 heteroatoms. The number of nitrogens with zero attached hydrogens (tertiary/aromatic N) is 2. The second-order valence-electron chi connectivity index (χ2n) is 6.61. The van der Waals surface area contributed by atoms with Crippen LogP contribution in [0.3, 0.4) is 0 Å². The van der Waals surface area contributed by atoms with Crippen LogP contribution in [0.25, 0.3) is 0 Å². The molecule has 2 heterocycles. The van der Waals surface area contributed by atoms with Gasteiger partial charge in [0.2, 0.25) is 0 Å².